The van der Waals surface area contributed by atoms with Gasteiger partial charge in [-0.3, -0.25) is 0 Å². The summed E-state index contributed by atoms with van der Waals surface area (Å²) in [6, 6.07) is 0. The lowest BCUT2D eigenvalue weighted by Crippen LogP contribution is -2.61. The van der Waals surface area contributed by atoms with Gasteiger partial charge in [0.15, 0.2) is 0 Å². The molecule has 0 atom stereocenters. The van der Waals surface area contributed by atoms with Gasteiger partial charge in [-0.15, -0.1) is 0 Å². The molecule has 0 radical (unpaired) electrons. The van der Waals surface area contributed by atoms with Crippen LogP contribution in [0.2, 0.25) is 0 Å². The second-order valence-electron chi connectivity index (χ2n) is 4.42. The first kappa shape index (κ1) is 23.5. The van der Waals surface area contributed by atoms with Crippen LogP contribution in [0.1, 0.15) is 20.3 Å². The quantitative estimate of drug-likeness (QED) is 0.293. The zero-order chi connectivity index (χ0) is 20.4. The maximum absolute atomic E-state index is 13.7. The van der Waals surface area contributed by atoms with E-state index < -0.39 is 58.4 Å². The molecule has 25 heavy (non-hydrogen) atoms. The average molecular weight is 411 g/mol. The van der Waals surface area contributed by atoms with Crippen LogP contribution in [0, 0.1) is 0 Å². The molecule has 1 N–H and O–H groups in total. The van der Waals surface area contributed by atoms with E-state index in [9.17, 15) is 52.7 Å². The van der Waals surface area contributed by atoms with E-state index in [1.165, 1.54) is 0 Å². The maximum atomic E-state index is 13.7. The number of thiol groups is 1. The molecule has 0 rings (SSSR count). The van der Waals surface area contributed by atoms with Gasteiger partial charge in [0, 0.05) is 11.1 Å². The van der Waals surface area contributed by atoms with Crippen LogP contribution in [-0.2, 0) is 20.5 Å². The molecule has 0 aromatic heterocycles. The fourth-order valence-electron chi connectivity index (χ4n) is 1.50. The van der Waals surface area contributed by atoms with E-state index >= 15 is 0 Å². The van der Waals surface area contributed by atoms with Crippen LogP contribution >= 0.6 is 0 Å². The molecular formula is C10H10F9NO4S. The Bertz CT molecular complexity index is 616. The Morgan fingerprint density at radius 1 is 0.960 bits per heavy atom. The van der Waals surface area contributed by atoms with Crippen molar-refractivity contribution in [2.75, 3.05) is 0 Å². The molecule has 5 nitrogen and oxygen atoms in total. The number of carbonyl (C=O) groups excluding carboxylic acids is 1. The van der Waals surface area contributed by atoms with Crippen LogP contribution in [0.15, 0.2) is 11.1 Å². The lowest BCUT2D eigenvalue weighted by Gasteiger charge is -2.34. The van der Waals surface area contributed by atoms with Crippen molar-refractivity contribution in [2.24, 2.45) is 0 Å². The number of nitrogens with one attached hydrogen (secondary N) is 1. The second-order valence-corrected chi connectivity index (χ2v) is 5.11. The Morgan fingerprint density at radius 2 is 1.40 bits per heavy atom. The summed E-state index contributed by atoms with van der Waals surface area (Å²) in [5, 5.41) is 0. The van der Waals surface area contributed by atoms with E-state index in [0.717, 1.165) is 11.8 Å². The van der Waals surface area contributed by atoms with Crippen molar-refractivity contribution in [3.05, 3.63) is 11.1 Å². The Labute approximate surface area is 135 Å². The Morgan fingerprint density at radius 3 is 1.72 bits per heavy atom. The summed E-state index contributed by atoms with van der Waals surface area (Å²) >= 11 is 0. The topological polar surface area (TPSA) is 72.5 Å². The molecule has 0 fully saturated rings. The molecule has 0 aliphatic rings. The Hall–Kier alpha value is -1.51. The van der Waals surface area contributed by atoms with Crippen LogP contribution < -0.4 is 4.89 Å². The van der Waals surface area contributed by atoms with Crippen molar-refractivity contribution in [1.82, 2.24) is 4.89 Å². The minimum atomic E-state index is -7.12. The summed E-state index contributed by atoms with van der Waals surface area (Å²) in [6.45, 7) is 0.894. The third-order valence-corrected chi connectivity index (χ3v) is 3.12. The van der Waals surface area contributed by atoms with Crippen LogP contribution in [0.5, 0.6) is 0 Å². The normalized spacial score (nSPS) is 15.2. The number of carbonyl (C=O) groups is 1. The van der Waals surface area contributed by atoms with E-state index in [4.69, 9.17) is 0 Å². The van der Waals surface area contributed by atoms with Gasteiger partial charge in [0.25, 0.3) is 0 Å². The van der Waals surface area contributed by atoms with Crippen LogP contribution in [0.25, 0.3) is 0 Å². The highest BCUT2D eigenvalue weighted by Gasteiger charge is 2.82. The molecule has 0 saturated heterocycles. The maximum Gasteiger partial charge on any atom is 0.460 e. The average Bonchev–Trinajstić information content (AvgIpc) is 2.43. The van der Waals surface area contributed by atoms with E-state index in [1.807, 2.05) is 0 Å². The van der Waals surface area contributed by atoms with Crippen molar-refractivity contribution in [1.29, 1.82) is 0 Å². The number of allylic oxidation sites excluding steroid dienone is 1. The summed E-state index contributed by atoms with van der Waals surface area (Å²) in [5.41, 5.74) is -3.57. The van der Waals surface area contributed by atoms with Crippen LogP contribution in [-0.4, -0.2) is 38.3 Å². The summed E-state index contributed by atoms with van der Waals surface area (Å²) < 4.78 is 136. The van der Waals surface area contributed by atoms with E-state index in [-0.39, 0.29) is 6.92 Å². The third-order valence-electron chi connectivity index (χ3n) is 2.88. The van der Waals surface area contributed by atoms with E-state index in [1.54, 1.807) is 0 Å². The lowest BCUT2D eigenvalue weighted by atomic mass is 9.93. The van der Waals surface area contributed by atoms with Crippen molar-refractivity contribution >= 4 is 16.9 Å². The number of halogens is 9. The number of alkyl halides is 9. The molecule has 0 spiro atoms. The van der Waals surface area contributed by atoms with Crippen molar-refractivity contribution in [3.8, 4) is 0 Å². The zero-order valence-electron chi connectivity index (χ0n) is 12.2. The SMILES string of the molecule is CCC(C(=O)ON[SH](=O)=O)=C(C)C(F)(F)C(F)(F)C(F)(F)C(F)(F)F. The van der Waals surface area contributed by atoms with Crippen molar-refractivity contribution in [3.63, 3.8) is 0 Å². The van der Waals surface area contributed by atoms with Gasteiger partial charge in [-0.1, -0.05) is 6.92 Å². The standard InChI is InChI=1S/C10H10F9NO4S/c1-3-5(6(21)24-20-25(22)23)4(2)7(11,12)8(13,14)9(15,16)10(17,18)19/h25H,3H2,1-2H3,(H,20,22,23). The fraction of sp³-hybridized carbons (Fsp3) is 0.700. The molecule has 0 bridgehead atoms. The molecule has 0 aromatic carbocycles. The van der Waals surface area contributed by atoms with Gasteiger partial charge in [0.2, 0.25) is 10.9 Å². The molecule has 0 heterocycles. The highest BCUT2D eigenvalue weighted by molar-refractivity contribution is 7.70. The van der Waals surface area contributed by atoms with Gasteiger partial charge in [0.1, 0.15) is 0 Å². The Kier molecular flexibility index (Phi) is 6.94. The summed E-state index contributed by atoms with van der Waals surface area (Å²) in [6.07, 6.45) is -7.87. The number of hydrogen-bond acceptors (Lipinski definition) is 4. The largest absolute Gasteiger partial charge is 0.460 e. The van der Waals surface area contributed by atoms with E-state index in [2.05, 4.69) is 4.84 Å². The number of rotatable bonds is 7. The first-order valence-electron chi connectivity index (χ1n) is 5.96. The predicted molar refractivity (Wildman–Crippen MR) is 63.4 cm³/mol. The molecular weight excluding hydrogens is 401 g/mol. The first-order chi connectivity index (χ1) is 10.9. The molecule has 0 aliphatic carbocycles. The molecule has 0 saturated carbocycles. The minimum Gasteiger partial charge on any atom is -0.352 e. The molecule has 0 amide bonds. The van der Waals surface area contributed by atoms with E-state index in [0.29, 0.717) is 0 Å². The van der Waals surface area contributed by atoms with Crippen molar-refractivity contribution < 1.29 is 57.6 Å². The van der Waals surface area contributed by atoms with Gasteiger partial charge in [-0.05, 0) is 18.2 Å². The molecule has 0 aliphatic heterocycles. The summed E-state index contributed by atoms with van der Waals surface area (Å²) in [5.74, 6) is -22.2. The highest BCUT2D eigenvalue weighted by atomic mass is 32.2. The summed E-state index contributed by atoms with van der Waals surface area (Å²) in [4.78, 5) is 16.0. The third kappa shape index (κ3) is 4.37. The Balaban J connectivity index is 6.13. The zero-order valence-corrected chi connectivity index (χ0v) is 13.1. The number of hydrogen-bond donors (Lipinski definition) is 2. The van der Waals surface area contributed by atoms with Gasteiger partial charge in [-0.2, -0.15) is 39.5 Å². The first-order valence-corrected chi connectivity index (χ1v) is 7.14. The van der Waals surface area contributed by atoms with Crippen molar-refractivity contribution in [2.45, 2.75) is 44.2 Å². The summed E-state index contributed by atoms with van der Waals surface area (Å²) in [7, 11) is -3.59. The second kappa shape index (κ2) is 7.39. The monoisotopic (exact) mass is 411 g/mol. The van der Waals surface area contributed by atoms with Gasteiger partial charge < -0.3 is 4.84 Å². The molecule has 148 valence electrons. The lowest BCUT2D eigenvalue weighted by molar-refractivity contribution is -0.389. The van der Waals surface area contributed by atoms with Crippen LogP contribution in [0.4, 0.5) is 39.5 Å². The highest BCUT2D eigenvalue weighted by Crippen LogP contribution is 2.55. The molecule has 15 heteroatoms. The molecule has 0 unspecified atom stereocenters. The minimum absolute atomic E-state index is 0.0116. The fourth-order valence-corrected chi connectivity index (χ4v) is 1.66. The van der Waals surface area contributed by atoms with Crippen LogP contribution in [0.3, 0.4) is 0 Å². The van der Waals surface area contributed by atoms with Gasteiger partial charge in [0.05, 0.1) is 0 Å². The van der Waals surface area contributed by atoms with Gasteiger partial charge in [-0.25, -0.2) is 13.2 Å². The molecule has 0 aromatic rings. The predicted octanol–water partition coefficient (Wildman–Crippen LogP) is 2.76. The smallest absolute Gasteiger partial charge is 0.352 e. The van der Waals surface area contributed by atoms with Gasteiger partial charge >= 0.3 is 29.9 Å².